The minimum absolute atomic E-state index is 0.161. The Kier molecular flexibility index (Phi) is 27.2. The highest BCUT2D eigenvalue weighted by atomic mass is 16.6. The molecule has 0 saturated heterocycles. The molecule has 0 aliphatic carbocycles. The van der Waals surface area contributed by atoms with Gasteiger partial charge >= 0.3 is 5.97 Å². The van der Waals surface area contributed by atoms with Gasteiger partial charge in [-0.2, -0.15) is 0 Å². The normalized spacial score (nSPS) is 11.1. The molecule has 0 amide bonds. The van der Waals surface area contributed by atoms with Crippen molar-refractivity contribution in [1.29, 1.82) is 0 Å². The van der Waals surface area contributed by atoms with Gasteiger partial charge in [-0.05, 0) is 41.0 Å². The lowest BCUT2D eigenvalue weighted by molar-refractivity contribution is 0.00366. The summed E-state index contributed by atoms with van der Waals surface area (Å²) in [7, 11) is 2.94. The number of carbonyl (C=O) groups excluding carboxylic acids is 1. The zero-order valence-corrected chi connectivity index (χ0v) is 36.7. The lowest BCUT2D eigenvalue weighted by atomic mass is 10.2. The highest BCUT2D eigenvalue weighted by Gasteiger charge is 2.20. The molecule has 63 heavy (non-hydrogen) atoms. The molecule has 0 atom stereocenters. The molecule has 4 aromatic rings. The predicted octanol–water partition coefficient (Wildman–Crippen LogP) is 6.37. The van der Waals surface area contributed by atoms with E-state index in [1.807, 2.05) is 84.9 Å². The van der Waals surface area contributed by atoms with Crippen molar-refractivity contribution >= 4 is 5.97 Å². The summed E-state index contributed by atoms with van der Waals surface area (Å²) in [4.78, 5) is 12.7. The standard InChI is InChI=1S/C48H64O15/c1-50-44-15-13-42(14-16-44)39-60-28-25-53-18-21-56-30-33-62-46-36-43(48(49)51-2)35-45(61-32-29-55-20-17-52-23-26-58-37-40-9-5-3-6-10-40)47(46)63-34-31-57-22-19-54-24-27-59-38-41-11-7-4-8-12-41/h3-16,35-36H,17-34,37-39H2,1-2H3. The first-order valence-electron chi connectivity index (χ1n) is 21.2. The molecular formula is C48H64O15. The van der Waals surface area contributed by atoms with E-state index >= 15 is 0 Å². The summed E-state index contributed by atoms with van der Waals surface area (Å²) in [5.41, 5.74) is 3.51. The second-order valence-electron chi connectivity index (χ2n) is 13.5. The van der Waals surface area contributed by atoms with Crippen LogP contribution in [-0.4, -0.2) is 139 Å². The third-order valence-electron chi connectivity index (χ3n) is 8.77. The van der Waals surface area contributed by atoms with Crippen molar-refractivity contribution in [1.82, 2.24) is 0 Å². The summed E-state index contributed by atoms with van der Waals surface area (Å²) in [5.74, 6) is 1.11. The van der Waals surface area contributed by atoms with E-state index in [-0.39, 0.29) is 56.7 Å². The van der Waals surface area contributed by atoms with E-state index in [0.717, 1.165) is 22.4 Å². The van der Waals surface area contributed by atoms with Crippen LogP contribution in [0.1, 0.15) is 27.0 Å². The van der Waals surface area contributed by atoms with Gasteiger partial charge in [-0.1, -0.05) is 72.8 Å². The number of benzene rings is 4. The van der Waals surface area contributed by atoms with Crippen molar-refractivity contribution in [3.63, 3.8) is 0 Å². The van der Waals surface area contributed by atoms with Crippen LogP contribution in [-0.2, 0) is 67.2 Å². The maximum absolute atomic E-state index is 12.7. The third kappa shape index (κ3) is 22.9. The fraction of sp³-hybridized carbons (Fsp3) is 0.479. The summed E-state index contributed by atoms with van der Waals surface area (Å²) in [6, 6.07) is 30.8. The number of carbonyl (C=O) groups is 1. The summed E-state index contributed by atoms with van der Waals surface area (Å²) in [5, 5.41) is 0. The maximum Gasteiger partial charge on any atom is 0.338 e. The van der Waals surface area contributed by atoms with Crippen LogP contribution in [0.3, 0.4) is 0 Å². The summed E-state index contributed by atoms with van der Waals surface area (Å²) in [6.07, 6.45) is 0. The van der Waals surface area contributed by atoms with Crippen molar-refractivity contribution in [2.45, 2.75) is 19.8 Å². The van der Waals surface area contributed by atoms with Crippen LogP contribution in [0, 0.1) is 0 Å². The van der Waals surface area contributed by atoms with E-state index in [4.69, 9.17) is 66.3 Å². The number of hydrogen-bond donors (Lipinski definition) is 0. The zero-order chi connectivity index (χ0) is 44.3. The van der Waals surface area contributed by atoms with Gasteiger partial charge in [0, 0.05) is 0 Å². The summed E-state index contributed by atoms with van der Waals surface area (Å²) < 4.78 is 79.6. The van der Waals surface area contributed by atoms with Gasteiger partial charge in [-0.3, -0.25) is 0 Å². The Hall–Kier alpha value is -4.81. The Morgan fingerprint density at radius 2 is 0.714 bits per heavy atom. The SMILES string of the molecule is COC(=O)c1cc(OCCOCCOCCOCc2ccccc2)c(OCCOCCOCCOCc2ccccc2)c(OCCOCCOCCOCc2ccc(OC)cc2)c1. The first kappa shape index (κ1) is 50.8. The molecule has 0 spiro atoms. The van der Waals surface area contributed by atoms with Gasteiger partial charge in [-0.25, -0.2) is 4.79 Å². The smallest absolute Gasteiger partial charge is 0.338 e. The quantitative estimate of drug-likeness (QED) is 0.0363. The van der Waals surface area contributed by atoms with Crippen molar-refractivity contribution in [2.24, 2.45) is 0 Å². The van der Waals surface area contributed by atoms with E-state index in [1.54, 1.807) is 19.2 Å². The van der Waals surface area contributed by atoms with E-state index < -0.39 is 5.97 Å². The summed E-state index contributed by atoms with van der Waals surface area (Å²) in [6.45, 7) is 7.90. The fourth-order valence-electron chi connectivity index (χ4n) is 5.55. The van der Waals surface area contributed by atoms with Crippen LogP contribution >= 0.6 is 0 Å². The number of ether oxygens (including phenoxy) is 14. The van der Waals surface area contributed by atoms with E-state index in [2.05, 4.69) is 0 Å². The molecule has 346 valence electrons. The molecule has 0 unspecified atom stereocenters. The van der Waals surface area contributed by atoms with Gasteiger partial charge in [0.05, 0.1) is 139 Å². The van der Waals surface area contributed by atoms with Gasteiger partial charge < -0.3 is 66.3 Å². The van der Waals surface area contributed by atoms with E-state index in [1.165, 1.54) is 7.11 Å². The largest absolute Gasteiger partial charge is 0.497 e. The minimum atomic E-state index is -0.562. The first-order valence-corrected chi connectivity index (χ1v) is 21.2. The molecule has 0 bridgehead atoms. The number of hydrogen-bond acceptors (Lipinski definition) is 15. The van der Waals surface area contributed by atoms with Gasteiger partial charge in [-0.15, -0.1) is 0 Å². The molecular weight excluding hydrogens is 817 g/mol. The molecule has 0 aliphatic heterocycles. The molecule has 4 aromatic carbocycles. The molecule has 0 aromatic heterocycles. The van der Waals surface area contributed by atoms with Crippen LogP contribution < -0.4 is 18.9 Å². The molecule has 0 radical (unpaired) electrons. The number of methoxy groups -OCH3 is 2. The predicted molar refractivity (Wildman–Crippen MR) is 234 cm³/mol. The topological polar surface area (TPSA) is 146 Å². The average molecular weight is 881 g/mol. The Morgan fingerprint density at radius 3 is 1.08 bits per heavy atom. The Bertz CT molecular complexity index is 1730. The van der Waals surface area contributed by atoms with E-state index in [9.17, 15) is 4.79 Å². The Labute approximate surface area is 371 Å². The molecule has 4 rings (SSSR count). The van der Waals surface area contributed by atoms with Gasteiger partial charge in [0.25, 0.3) is 0 Å². The molecule has 15 heteroatoms. The number of esters is 1. The van der Waals surface area contributed by atoms with Gasteiger partial charge in [0.1, 0.15) is 25.6 Å². The summed E-state index contributed by atoms with van der Waals surface area (Å²) >= 11 is 0. The second-order valence-corrected chi connectivity index (χ2v) is 13.5. The monoisotopic (exact) mass is 880 g/mol. The number of rotatable bonds is 38. The van der Waals surface area contributed by atoms with Crippen LogP contribution in [0.5, 0.6) is 23.0 Å². The van der Waals surface area contributed by atoms with Crippen molar-refractivity contribution in [3.05, 3.63) is 119 Å². The van der Waals surface area contributed by atoms with E-state index in [0.29, 0.717) is 105 Å². The van der Waals surface area contributed by atoms with Crippen molar-refractivity contribution in [2.75, 3.05) is 133 Å². The van der Waals surface area contributed by atoms with Gasteiger partial charge in [0.15, 0.2) is 11.5 Å². The molecule has 0 saturated carbocycles. The molecule has 0 N–H and O–H groups in total. The third-order valence-corrected chi connectivity index (χ3v) is 8.77. The Morgan fingerprint density at radius 1 is 0.381 bits per heavy atom. The lowest BCUT2D eigenvalue weighted by Gasteiger charge is -2.18. The second kappa shape index (κ2) is 33.7. The molecule has 0 heterocycles. The highest BCUT2D eigenvalue weighted by Crippen LogP contribution is 2.39. The van der Waals surface area contributed by atoms with Crippen LogP contribution in [0.15, 0.2) is 97.1 Å². The fourth-order valence-corrected chi connectivity index (χ4v) is 5.55. The maximum atomic E-state index is 12.7. The molecule has 0 fully saturated rings. The minimum Gasteiger partial charge on any atom is -0.497 e. The molecule has 15 nitrogen and oxygen atoms in total. The molecule has 0 aliphatic rings. The van der Waals surface area contributed by atoms with Crippen LogP contribution in [0.4, 0.5) is 0 Å². The average Bonchev–Trinajstić information content (AvgIpc) is 3.32. The van der Waals surface area contributed by atoms with Crippen LogP contribution in [0.25, 0.3) is 0 Å². The lowest BCUT2D eigenvalue weighted by Crippen LogP contribution is -2.16. The Balaban J connectivity index is 1.17. The first-order chi connectivity index (χ1) is 31.2. The zero-order valence-electron chi connectivity index (χ0n) is 36.7. The van der Waals surface area contributed by atoms with Crippen molar-refractivity contribution in [3.8, 4) is 23.0 Å². The van der Waals surface area contributed by atoms with Crippen LogP contribution in [0.2, 0.25) is 0 Å². The highest BCUT2D eigenvalue weighted by molar-refractivity contribution is 5.91. The van der Waals surface area contributed by atoms with Gasteiger partial charge in [0.2, 0.25) is 5.75 Å². The van der Waals surface area contributed by atoms with Crippen molar-refractivity contribution < 1.29 is 71.1 Å².